The Balaban J connectivity index is 1.65. The number of hydrogen-bond acceptors (Lipinski definition) is 3. The maximum absolute atomic E-state index is 3.40. The lowest BCUT2D eigenvalue weighted by Gasteiger charge is -2.28. The van der Waals surface area contributed by atoms with Crippen LogP contribution in [0.15, 0.2) is 24.3 Å². The van der Waals surface area contributed by atoms with Crippen LogP contribution in [0.3, 0.4) is 0 Å². The van der Waals surface area contributed by atoms with Crippen molar-refractivity contribution in [1.29, 1.82) is 0 Å². The van der Waals surface area contributed by atoms with Gasteiger partial charge >= 0.3 is 0 Å². The third-order valence-electron chi connectivity index (χ3n) is 3.68. The molecule has 2 aliphatic rings. The summed E-state index contributed by atoms with van der Waals surface area (Å²) in [6, 6.07) is 9.23. The van der Waals surface area contributed by atoms with E-state index in [2.05, 4.69) is 46.2 Å². The number of rotatable bonds is 3. The molecule has 0 bridgehead atoms. The minimum atomic E-state index is 0.822. The lowest BCUT2D eigenvalue weighted by Crippen LogP contribution is -2.42. The van der Waals surface area contributed by atoms with Crippen molar-refractivity contribution in [1.82, 2.24) is 10.2 Å². The van der Waals surface area contributed by atoms with Crippen LogP contribution in [0.25, 0.3) is 0 Å². The van der Waals surface area contributed by atoms with E-state index in [0.29, 0.717) is 0 Å². The second-order valence-electron chi connectivity index (χ2n) is 5.01. The van der Waals surface area contributed by atoms with Crippen molar-refractivity contribution in [2.45, 2.75) is 12.5 Å². The molecule has 2 aliphatic heterocycles. The molecular formula is C14H20N2S. The summed E-state index contributed by atoms with van der Waals surface area (Å²) in [5.74, 6) is 3.46. The van der Waals surface area contributed by atoms with Crippen molar-refractivity contribution in [2.75, 3.05) is 37.7 Å². The molecule has 1 aromatic carbocycles. The number of hydrogen-bond donors (Lipinski definition) is 1. The second kappa shape index (κ2) is 5.42. The summed E-state index contributed by atoms with van der Waals surface area (Å²) in [5.41, 5.74) is 3.04. The highest BCUT2D eigenvalue weighted by Crippen LogP contribution is 2.34. The van der Waals surface area contributed by atoms with E-state index >= 15 is 0 Å². The summed E-state index contributed by atoms with van der Waals surface area (Å²) in [7, 11) is 0. The van der Waals surface area contributed by atoms with E-state index in [1.54, 1.807) is 5.56 Å². The average Bonchev–Trinajstić information content (AvgIpc) is 2.28. The van der Waals surface area contributed by atoms with Gasteiger partial charge in [-0.1, -0.05) is 24.3 Å². The molecule has 3 heteroatoms. The Morgan fingerprint density at radius 2 is 2.06 bits per heavy atom. The van der Waals surface area contributed by atoms with Crippen molar-refractivity contribution in [3.63, 3.8) is 0 Å². The first-order chi connectivity index (χ1) is 8.42. The third-order valence-corrected chi connectivity index (χ3v) is 4.95. The molecule has 0 amide bonds. The molecule has 0 atom stereocenters. The minimum Gasteiger partial charge on any atom is -0.314 e. The van der Waals surface area contributed by atoms with Gasteiger partial charge in [-0.15, -0.1) is 0 Å². The van der Waals surface area contributed by atoms with E-state index in [1.807, 2.05) is 0 Å². The van der Waals surface area contributed by atoms with Gasteiger partial charge in [-0.05, 0) is 11.1 Å². The highest BCUT2D eigenvalue weighted by atomic mass is 32.2. The third kappa shape index (κ3) is 2.84. The van der Waals surface area contributed by atoms with Gasteiger partial charge < -0.3 is 5.32 Å². The summed E-state index contributed by atoms with van der Waals surface area (Å²) < 4.78 is 0. The van der Waals surface area contributed by atoms with E-state index in [1.165, 1.54) is 30.2 Å². The van der Waals surface area contributed by atoms with Crippen molar-refractivity contribution in [3.05, 3.63) is 35.4 Å². The van der Waals surface area contributed by atoms with E-state index in [-0.39, 0.29) is 0 Å². The van der Waals surface area contributed by atoms with Crippen molar-refractivity contribution >= 4 is 11.8 Å². The molecule has 3 rings (SSSR count). The van der Waals surface area contributed by atoms with Crippen LogP contribution < -0.4 is 5.32 Å². The first-order valence-electron chi connectivity index (χ1n) is 6.51. The summed E-state index contributed by atoms with van der Waals surface area (Å²) in [6.07, 6.45) is 0. The molecule has 0 unspecified atom stereocenters. The van der Waals surface area contributed by atoms with Gasteiger partial charge in [-0.3, -0.25) is 4.90 Å². The highest BCUT2D eigenvalue weighted by Gasteiger charge is 2.20. The van der Waals surface area contributed by atoms with Crippen LogP contribution in [0.4, 0.5) is 0 Å². The zero-order valence-electron chi connectivity index (χ0n) is 10.2. The molecule has 1 N–H and O–H groups in total. The van der Waals surface area contributed by atoms with Crippen molar-refractivity contribution in [3.8, 4) is 0 Å². The maximum Gasteiger partial charge on any atom is 0.0234 e. The Morgan fingerprint density at radius 3 is 2.76 bits per heavy atom. The van der Waals surface area contributed by atoms with Crippen LogP contribution in [0.5, 0.6) is 0 Å². The van der Waals surface area contributed by atoms with E-state index in [0.717, 1.165) is 25.6 Å². The predicted octanol–water partition coefficient (Wildman–Crippen LogP) is 1.92. The van der Waals surface area contributed by atoms with Crippen molar-refractivity contribution < 1.29 is 0 Å². The topological polar surface area (TPSA) is 15.3 Å². The first kappa shape index (κ1) is 11.6. The molecule has 2 fully saturated rings. The standard InChI is InChI=1S/C14H20N2S/c1-2-12(9-16-6-4-15-5-7-16)8-13(3-1)14-10-17-11-14/h1-3,8,14-15H,4-7,9-11H2. The zero-order chi connectivity index (χ0) is 11.5. The van der Waals surface area contributed by atoms with Crippen molar-refractivity contribution in [2.24, 2.45) is 0 Å². The fraction of sp³-hybridized carbons (Fsp3) is 0.571. The summed E-state index contributed by atoms with van der Waals surface area (Å²) in [5, 5.41) is 3.40. The summed E-state index contributed by atoms with van der Waals surface area (Å²) >= 11 is 2.06. The smallest absolute Gasteiger partial charge is 0.0234 e. The number of piperazine rings is 1. The van der Waals surface area contributed by atoms with Gasteiger partial charge in [-0.2, -0.15) is 11.8 Å². The molecule has 0 spiro atoms. The van der Waals surface area contributed by atoms with E-state index in [4.69, 9.17) is 0 Å². The number of nitrogens with one attached hydrogen (secondary N) is 1. The van der Waals surface area contributed by atoms with Gasteiger partial charge in [-0.25, -0.2) is 0 Å². The quantitative estimate of drug-likeness (QED) is 0.880. The molecule has 0 aromatic heterocycles. The van der Waals surface area contributed by atoms with Crippen LogP contribution >= 0.6 is 11.8 Å². The Labute approximate surface area is 108 Å². The summed E-state index contributed by atoms with van der Waals surface area (Å²) in [4.78, 5) is 2.55. The fourth-order valence-electron chi connectivity index (χ4n) is 2.50. The molecule has 17 heavy (non-hydrogen) atoms. The minimum absolute atomic E-state index is 0.822. The molecule has 2 heterocycles. The number of nitrogens with zero attached hydrogens (tertiary/aromatic N) is 1. The van der Waals surface area contributed by atoms with Gasteiger partial charge in [0.25, 0.3) is 0 Å². The Hall–Kier alpha value is -0.510. The number of thioether (sulfide) groups is 1. The van der Waals surface area contributed by atoms with Crippen LogP contribution in [0.2, 0.25) is 0 Å². The molecular weight excluding hydrogens is 228 g/mol. The SMILES string of the molecule is c1cc(CN2CCNCC2)cc(C2CSC2)c1. The monoisotopic (exact) mass is 248 g/mol. The normalized spacial score (nSPS) is 22.4. The van der Waals surface area contributed by atoms with Gasteiger partial charge in [0.05, 0.1) is 0 Å². The largest absolute Gasteiger partial charge is 0.314 e. The predicted molar refractivity (Wildman–Crippen MR) is 74.7 cm³/mol. The van der Waals surface area contributed by atoms with Gasteiger partial charge in [0, 0.05) is 50.1 Å². The molecule has 2 nitrogen and oxygen atoms in total. The van der Waals surface area contributed by atoms with Crippen LogP contribution in [-0.4, -0.2) is 42.6 Å². The molecule has 1 aromatic rings. The molecule has 0 saturated carbocycles. The van der Waals surface area contributed by atoms with Gasteiger partial charge in [0.2, 0.25) is 0 Å². The van der Waals surface area contributed by atoms with Gasteiger partial charge in [0.15, 0.2) is 0 Å². The Kier molecular flexibility index (Phi) is 3.69. The lowest BCUT2D eigenvalue weighted by molar-refractivity contribution is 0.233. The van der Waals surface area contributed by atoms with E-state index in [9.17, 15) is 0 Å². The Morgan fingerprint density at radius 1 is 1.24 bits per heavy atom. The number of benzene rings is 1. The fourth-order valence-corrected chi connectivity index (χ4v) is 3.36. The molecule has 92 valence electrons. The molecule has 0 radical (unpaired) electrons. The maximum atomic E-state index is 3.40. The Bertz CT molecular complexity index is 370. The molecule has 0 aliphatic carbocycles. The van der Waals surface area contributed by atoms with Crippen LogP contribution in [0, 0.1) is 0 Å². The lowest BCUT2D eigenvalue weighted by atomic mass is 9.99. The summed E-state index contributed by atoms with van der Waals surface area (Å²) in [6.45, 7) is 5.76. The van der Waals surface area contributed by atoms with Crippen LogP contribution in [-0.2, 0) is 6.54 Å². The second-order valence-corrected chi connectivity index (χ2v) is 6.08. The zero-order valence-corrected chi connectivity index (χ0v) is 11.0. The molecule has 2 saturated heterocycles. The first-order valence-corrected chi connectivity index (χ1v) is 7.67. The van der Waals surface area contributed by atoms with E-state index < -0.39 is 0 Å². The van der Waals surface area contributed by atoms with Crippen LogP contribution in [0.1, 0.15) is 17.0 Å². The average molecular weight is 248 g/mol. The van der Waals surface area contributed by atoms with Gasteiger partial charge in [0.1, 0.15) is 0 Å². The highest BCUT2D eigenvalue weighted by molar-refractivity contribution is 8.00.